The first-order valence-electron chi connectivity index (χ1n) is 7.39. The van der Waals surface area contributed by atoms with Gasteiger partial charge in [0, 0.05) is 33.9 Å². The fraction of sp³-hybridized carbons (Fsp3) is 1.00. The maximum atomic E-state index is 8.51. The quantitative estimate of drug-likeness (QED) is 0.367. The molecule has 0 aliphatic rings. The minimum atomic E-state index is 0.0474. The number of hydrogen-bond acceptors (Lipinski definition) is 7. The van der Waals surface area contributed by atoms with Crippen molar-refractivity contribution in [1.82, 2.24) is 4.90 Å². The second-order valence-corrected chi connectivity index (χ2v) is 4.39. The minimum Gasteiger partial charge on any atom is -0.394 e. The summed E-state index contributed by atoms with van der Waals surface area (Å²) in [6, 6.07) is 0. The summed E-state index contributed by atoms with van der Waals surface area (Å²) < 4.78 is 26.1. The lowest BCUT2D eigenvalue weighted by molar-refractivity contribution is 0.00284. The van der Waals surface area contributed by atoms with Gasteiger partial charge in [0.25, 0.3) is 0 Å². The molecule has 0 aliphatic carbocycles. The summed E-state index contributed by atoms with van der Waals surface area (Å²) >= 11 is 0. The largest absolute Gasteiger partial charge is 0.394 e. The molecule has 0 aromatic heterocycles. The van der Waals surface area contributed by atoms with E-state index in [4.69, 9.17) is 28.8 Å². The van der Waals surface area contributed by atoms with E-state index in [-0.39, 0.29) is 6.61 Å². The number of rotatable bonds is 17. The summed E-state index contributed by atoms with van der Waals surface area (Å²) in [4.78, 5) is 2.25. The molecule has 0 bridgehead atoms. The number of aliphatic hydroxyl groups excluding tert-OH is 1. The molecule has 0 fully saturated rings. The van der Waals surface area contributed by atoms with Crippen molar-refractivity contribution in [2.45, 2.75) is 0 Å². The van der Waals surface area contributed by atoms with Crippen LogP contribution in [-0.4, -0.2) is 103 Å². The van der Waals surface area contributed by atoms with Crippen molar-refractivity contribution < 1.29 is 28.8 Å². The molecule has 7 nitrogen and oxygen atoms in total. The summed E-state index contributed by atoms with van der Waals surface area (Å²) in [7, 11) is 3.40. The van der Waals surface area contributed by atoms with Crippen molar-refractivity contribution in [3.8, 4) is 0 Å². The molecule has 0 rings (SSSR count). The van der Waals surface area contributed by atoms with Crippen molar-refractivity contribution in [2.24, 2.45) is 0 Å². The molecule has 0 saturated heterocycles. The van der Waals surface area contributed by atoms with Gasteiger partial charge >= 0.3 is 0 Å². The average molecular weight is 309 g/mol. The van der Waals surface area contributed by atoms with Gasteiger partial charge in [0.15, 0.2) is 0 Å². The Hall–Kier alpha value is -0.280. The molecule has 7 heteroatoms. The van der Waals surface area contributed by atoms with Gasteiger partial charge < -0.3 is 28.8 Å². The molecular weight excluding hydrogens is 278 g/mol. The molecule has 128 valence electrons. The van der Waals surface area contributed by atoms with Crippen LogP contribution in [0.25, 0.3) is 0 Å². The van der Waals surface area contributed by atoms with Crippen molar-refractivity contribution in [3.05, 3.63) is 0 Å². The monoisotopic (exact) mass is 309 g/mol. The number of ether oxygens (including phenoxy) is 5. The van der Waals surface area contributed by atoms with E-state index < -0.39 is 0 Å². The lowest BCUT2D eigenvalue weighted by Crippen LogP contribution is -2.33. The van der Waals surface area contributed by atoms with E-state index in [9.17, 15) is 0 Å². The topological polar surface area (TPSA) is 69.6 Å². The van der Waals surface area contributed by atoms with E-state index in [0.29, 0.717) is 52.9 Å². The van der Waals surface area contributed by atoms with Crippen LogP contribution in [0.1, 0.15) is 0 Å². The third-order valence-electron chi connectivity index (χ3n) is 2.75. The fourth-order valence-corrected chi connectivity index (χ4v) is 1.58. The third kappa shape index (κ3) is 15.9. The number of nitrogens with zero attached hydrogens (tertiary/aromatic N) is 1. The van der Waals surface area contributed by atoms with Crippen LogP contribution >= 0.6 is 0 Å². The first-order valence-corrected chi connectivity index (χ1v) is 7.39. The van der Waals surface area contributed by atoms with Gasteiger partial charge in [-0.05, 0) is 0 Å². The van der Waals surface area contributed by atoms with Crippen LogP contribution < -0.4 is 0 Å². The average Bonchev–Trinajstić information content (AvgIpc) is 2.51. The van der Waals surface area contributed by atoms with Crippen LogP contribution in [-0.2, 0) is 23.7 Å². The molecule has 0 aromatic carbocycles. The van der Waals surface area contributed by atoms with Crippen molar-refractivity contribution in [1.29, 1.82) is 0 Å². The van der Waals surface area contributed by atoms with Crippen molar-refractivity contribution in [2.75, 3.05) is 93.3 Å². The predicted molar refractivity (Wildman–Crippen MR) is 79.7 cm³/mol. The number of methoxy groups -OCH3 is 2. The Morgan fingerprint density at radius 3 is 1.52 bits per heavy atom. The van der Waals surface area contributed by atoms with Gasteiger partial charge in [-0.25, -0.2) is 0 Å². The molecule has 0 atom stereocenters. The van der Waals surface area contributed by atoms with Crippen molar-refractivity contribution >= 4 is 0 Å². The predicted octanol–water partition coefficient (Wildman–Crippen LogP) is -0.377. The Morgan fingerprint density at radius 1 is 0.619 bits per heavy atom. The summed E-state index contributed by atoms with van der Waals surface area (Å²) in [5, 5.41) is 8.51. The summed E-state index contributed by atoms with van der Waals surface area (Å²) in [5.41, 5.74) is 0. The van der Waals surface area contributed by atoms with E-state index in [0.717, 1.165) is 19.6 Å². The van der Waals surface area contributed by atoms with Crippen LogP contribution in [0.3, 0.4) is 0 Å². The first-order chi connectivity index (χ1) is 10.3. The Morgan fingerprint density at radius 2 is 1.05 bits per heavy atom. The molecule has 0 aromatic rings. The first kappa shape index (κ1) is 20.7. The van der Waals surface area contributed by atoms with Gasteiger partial charge in [-0.15, -0.1) is 0 Å². The van der Waals surface area contributed by atoms with Gasteiger partial charge in [-0.1, -0.05) is 0 Å². The zero-order chi connectivity index (χ0) is 15.6. The summed E-state index contributed by atoms with van der Waals surface area (Å²) in [6.07, 6.45) is 0. The zero-order valence-electron chi connectivity index (χ0n) is 13.4. The SMILES string of the molecule is COCCN(CCOC)CCOCCOCCOCCO. The second kappa shape index (κ2) is 17.8. The van der Waals surface area contributed by atoms with Crippen LogP contribution in [0.5, 0.6) is 0 Å². The highest BCUT2D eigenvalue weighted by Gasteiger charge is 2.04. The smallest absolute Gasteiger partial charge is 0.0701 e. The summed E-state index contributed by atoms with van der Waals surface area (Å²) in [6.45, 7) is 7.25. The standard InChI is InChI=1S/C14H31NO6/c1-17-7-3-15(4-8-18-2)5-9-19-11-13-21-14-12-20-10-6-16/h16H,3-14H2,1-2H3. The molecule has 1 N–H and O–H groups in total. The maximum absolute atomic E-state index is 8.51. The molecule has 0 amide bonds. The van der Waals surface area contributed by atoms with E-state index in [1.165, 1.54) is 0 Å². The lowest BCUT2D eigenvalue weighted by Gasteiger charge is -2.21. The number of hydrogen-bond donors (Lipinski definition) is 1. The van der Waals surface area contributed by atoms with Crippen LogP contribution in [0.15, 0.2) is 0 Å². The molecule has 21 heavy (non-hydrogen) atoms. The van der Waals surface area contributed by atoms with Crippen molar-refractivity contribution in [3.63, 3.8) is 0 Å². The van der Waals surface area contributed by atoms with Crippen LogP contribution in [0.4, 0.5) is 0 Å². The lowest BCUT2D eigenvalue weighted by atomic mass is 10.4. The normalized spacial score (nSPS) is 11.4. The summed E-state index contributed by atoms with van der Waals surface area (Å²) in [5.74, 6) is 0. The fourth-order valence-electron chi connectivity index (χ4n) is 1.58. The van der Waals surface area contributed by atoms with Gasteiger partial charge in [0.05, 0.1) is 59.5 Å². The highest BCUT2D eigenvalue weighted by Crippen LogP contribution is 1.90. The van der Waals surface area contributed by atoms with E-state index in [1.807, 2.05) is 0 Å². The molecule has 0 spiro atoms. The zero-order valence-corrected chi connectivity index (χ0v) is 13.4. The minimum absolute atomic E-state index is 0.0474. The number of aliphatic hydroxyl groups is 1. The molecule has 0 heterocycles. The second-order valence-electron chi connectivity index (χ2n) is 4.39. The maximum Gasteiger partial charge on any atom is 0.0701 e. The molecule has 0 unspecified atom stereocenters. The van der Waals surface area contributed by atoms with E-state index >= 15 is 0 Å². The molecule has 0 saturated carbocycles. The molecule has 0 radical (unpaired) electrons. The van der Waals surface area contributed by atoms with E-state index in [1.54, 1.807) is 14.2 Å². The van der Waals surface area contributed by atoms with Gasteiger partial charge in [-0.3, -0.25) is 4.90 Å². The Balaban J connectivity index is 3.35. The van der Waals surface area contributed by atoms with Crippen LogP contribution in [0, 0.1) is 0 Å². The van der Waals surface area contributed by atoms with Gasteiger partial charge in [0.1, 0.15) is 0 Å². The third-order valence-corrected chi connectivity index (χ3v) is 2.75. The highest BCUT2D eigenvalue weighted by molar-refractivity contribution is 4.56. The van der Waals surface area contributed by atoms with E-state index in [2.05, 4.69) is 4.90 Å². The van der Waals surface area contributed by atoms with Crippen LogP contribution in [0.2, 0.25) is 0 Å². The Labute approximate surface area is 128 Å². The Kier molecular flexibility index (Phi) is 17.5. The molecule has 0 aliphatic heterocycles. The highest BCUT2D eigenvalue weighted by atomic mass is 16.5. The van der Waals surface area contributed by atoms with Gasteiger partial charge in [-0.2, -0.15) is 0 Å². The molecular formula is C14H31NO6. The Bertz CT molecular complexity index is 188. The van der Waals surface area contributed by atoms with Gasteiger partial charge in [0.2, 0.25) is 0 Å².